The van der Waals surface area contributed by atoms with Gasteiger partial charge in [0.25, 0.3) is 0 Å². The smallest absolute Gasteiger partial charge is 0.229 e. The maximum Gasteiger partial charge on any atom is 0.229 e. The Morgan fingerprint density at radius 1 is 1.00 bits per heavy atom. The van der Waals surface area contributed by atoms with E-state index < -0.39 is 0 Å². The van der Waals surface area contributed by atoms with Gasteiger partial charge in [0.15, 0.2) is 11.5 Å². The molecular formula is C26H31N7. The highest BCUT2D eigenvalue weighted by Gasteiger charge is 2.19. The van der Waals surface area contributed by atoms with E-state index in [1.807, 2.05) is 13.2 Å². The zero-order valence-electron chi connectivity index (χ0n) is 20.0. The molecule has 7 heteroatoms. The predicted octanol–water partition coefficient (Wildman–Crippen LogP) is 5.23. The van der Waals surface area contributed by atoms with E-state index in [9.17, 15) is 0 Å². The standard InChI is InChI=1S/C26H31N7/c1-16(2)33-12-11-19-9-10-21(13-20(19)15-33)28-26-27-14-22-24(31-32(5)25(22)30-26)29-23-17(3)7-6-8-18(23)4/h6-10,13-14,16H,11-12,15H2,1-5H3,(H,29,31)(H,27,28,30). The van der Waals surface area contributed by atoms with Crippen molar-refractivity contribution in [1.82, 2.24) is 24.6 Å². The van der Waals surface area contributed by atoms with Crippen LogP contribution in [0, 0.1) is 13.8 Å². The molecule has 33 heavy (non-hydrogen) atoms. The van der Waals surface area contributed by atoms with Gasteiger partial charge in [-0.3, -0.25) is 4.90 Å². The summed E-state index contributed by atoms with van der Waals surface area (Å²) in [5, 5.41) is 12.4. The number of aryl methyl sites for hydroxylation is 3. The van der Waals surface area contributed by atoms with E-state index in [1.165, 1.54) is 22.3 Å². The van der Waals surface area contributed by atoms with Crippen LogP contribution in [0.25, 0.3) is 11.0 Å². The molecule has 1 aliphatic heterocycles. The molecule has 0 unspecified atom stereocenters. The highest BCUT2D eigenvalue weighted by molar-refractivity contribution is 5.90. The lowest BCUT2D eigenvalue weighted by atomic mass is 9.98. The number of para-hydroxylation sites is 1. The van der Waals surface area contributed by atoms with Gasteiger partial charge in [-0.25, -0.2) is 9.67 Å². The van der Waals surface area contributed by atoms with Crippen LogP contribution < -0.4 is 10.6 Å². The summed E-state index contributed by atoms with van der Waals surface area (Å²) in [5.41, 5.74) is 8.03. The number of anilines is 4. The number of aromatic nitrogens is 4. The minimum atomic E-state index is 0.552. The van der Waals surface area contributed by atoms with Gasteiger partial charge in [-0.2, -0.15) is 10.1 Å². The van der Waals surface area contributed by atoms with Gasteiger partial charge in [0.05, 0.1) is 5.39 Å². The largest absolute Gasteiger partial charge is 0.338 e. The Kier molecular flexibility index (Phi) is 5.50. The lowest BCUT2D eigenvalue weighted by Gasteiger charge is -2.32. The predicted molar refractivity (Wildman–Crippen MR) is 134 cm³/mol. The summed E-state index contributed by atoms with van der Waals surface area (Å²) in [5.74, 6) is 1.33. The van der Waals surface area contributed by atoms with E-state index in [1.54, 1.807) is 4.68 Å². The molecule has 0 fully saturated rings. The van der Waals surface area contributed by atoms with Gasteiger partial charge >= 0.3 is 0 Å². The summed E-state index contributed by atoms with van der Waals surface area (Å²) < 4.78 is 1.80. The fourth-order valence-corrected chi connectivity index (χ4v) is 4.55. The van der Waals surface area contributed by atoms with E-state index in [0.29, 0.717) is 12.0 Å². The minimum Gasteiger partial charge on any atom is -0.338 e. The van der Waals surface area contributed by atoms with Crippen molar-refractivity contribution in [3.63, 3.8) is 0 Å². The van der Waals surface area contributed by atoms with E-state index in [0.717, 1.165) is 47.7 Å². The Morgan fingerprint density at radius 3 is 2.55 bits per heavy atom. The first-order valence-electron chi connectivity index (χ1n) is 11.5. The van der Waals surface area contributed by atoms with E-state index in [4.69, 9.17) is 4.98 Å². The molecule has 0 aliphatic carbocycles. The lowest BCUT2D eigenvalue weighted by Crippen LogP contribution is -2.35. The Morgan fingerprint density at radius 2 is 1.79 bits per heavy atom. The molecule has 0 saturated heterocycles. The second-order valence-electron chi connectivity index (χ2n) is 9.22. The molecule has 0 saturated carbocycles. The first-order chi connectivity index (χ1) is 15.9. The molecule has 2 aromatic heterocycles. The second kappa shape index (κ2) is 8.48. The number of nitrogens with zero attached hydrogens (tertiary/aromatic N) is 5. The summed E-state index contributed by atoms with van der Waals surface area (Å²) in [6.45, 7) is 10.8. The topological polar surface area (TPSA) is 70.9 Å². The highest BCUT2D eigenvalue weighted by atomic mass is 15.3. The Balaban J connectivity index is 1.41. The Labute approximate surface area is 194 Å². The highest BCUT2D eigenvalue weighted by Crippen LogP contribution is 2.29. The number of hydrogen-bond acceptors (Lipinski definition) is 6. The molecule has 5 rings (SSSR count). The van der Waals surface area contributed by atoms with Gasteiger partial charge in [-0.05, 0) is 68.5 Å². The number of fused-ring (bicyclic) bond motifs is 2. The third-order valence-corrected chi connectivity index (χ3v) is 6.54. The Hall–Kier alpha value is -3.45. The van der Waals surface area contributed by atoms with Crippen LogP contribution in [0.4, 0.5) is 23.1 Å². The first-order valence-corrected chi connectivity index (χ1v) is 11.5. The van der Waals surface area contributed by atoms with Crippen molar-refractivity contribution in [3.05, 3.63) is 64.8 Å². The van der Waals surface area contributed by atoms with Crippen LogP contribution in [0.3, 0.4) is 0 Å². The molecule has 0 radical (unpaired) electrons. The van der Waals surface area contributed by atoms with Gasteiger partial charge in [-0.15, -0.1) is 0 Å². The fourth-order valence-electron chi connectivity index (χ4n) is 4.55. The van der Waals surface area contributed by atoms with Crippen LogP contribution in [0.1, 0.15) is 36.1 Å². The second-order valence-corrected chi connectivity index (χ2v) is 9.22. The number of rotatable bonds is 5. The molecule has 0 atom stereocenters. The van der Waals surface area contributed by atoms with Gasteiger partial charge in [0.1, 0.15) is 0 Å². The van der Waals surface area contributed by atoms with Crippen molar-refractivity contribution in [2.24, 2.45) is 7.05 Å². The van der Waals surface area contributed by atoms with E-state index >= 15 is 0 Å². The van der Waals surface area contributed by atoms with Crippen LogP contribution in [-0.2, 0) is 20.0 Å². The van der Waals surface area contributed by atoms with Crippen molar-refractivity contribution >= 4 is 34.2 Å². The van der Waals surface area contributed by atoms with Crippen molar-refractivity contribution in [3.8, 4) is 0 Å². The third kappa shape index (κ3) is 4.16. The van der Waals surface area contributed by atoms with Gasteiger partial charge in [-0.1, -0.05) is 24.3 Å². The number of hydrogen-bond donors (Lipinski definition) is 2. The van der Waals surface area contributed by atoms with E-state index in [-0.39, 0.29) is 0 Å². The molecule has 2 aromatic carbocycles. The quantitative estimate of drug-likeness (QED) is 0.442. The monoisotopic (exact) mass is 441 g/mol. The van der Waals surface area contributed by atoms with Crippen LogP contribution in [-0.4, -0.2) is 37.2 Å². The average Bonchev–Trinajstić information content (AvgIpc) is 3.10. The SMILES string of the molecule is Cc1cccc(C)c1Nc1nn(C)c2nc(Nc3ccc4c(c3)CN(C(C)C)CC4)ncc12. The summed E-state index contributed by atoms with van der Waals surface area (Å²) in [4.78, 5) is 11.9. The Bertz CT molecular complexity index is 1300. The summed E-state index contributed by atoms with van der Waals surface area (Å²) in [7, 11) is 1.91. The van der Waals surface area contributed by atoms with E-state index in [2.05, 4.69) is 89.7 Å². The molecule has 0 amide bonds. The number of nitrogens with one attached hydrogen (secondary N) is 2. The zero-order chi connectivity index (χ0) is 23.1. The van der Waals surface area contributed by atoms with Crippen LogP contribution in [0.15, 0.2) is 42.6 Å². The molecule has 0 bridgehead atoms. The molecule has 3 heterocycles. The molecule has 0 spiro atoms. The molecule has 2 N–H and O–H groups in total. The third-order valence-electron chi connectivity index (χ3n) is 6.54. The summed E-state index contributed by atoms with van der Waals surface area (Å²) >= 11 is 0. The lowest BCUT2D eigenvalue weighted by molar-refractivity contribution is 0.203. The van der Waals surface area contributed by atoms with Crippen molar-refractivity contribution in [1.29, 1.82) is 0 Å². The molecule has 170 valence electrons. The van der Waals surface area contributed by atoms with Gasteiger partial charge < -0.3 is 10.6 Å². The normalized spacial score (nSPS) is 14.0. The van der Waals surface area contributed by atoms with Crippen molar-refractivity contribution < 1.29 is 0 Å². The fraction of sp³-hybridized carbons (Fsp3) is 0.346. The molecule has 4 aromatic rings. The maximum absolute atomic E-state index is 4.76. The van der Waals surface area contributed by atoms with Crippen molar-refractivity contribution in [2.45, 2.75) is 46.7 Å². The molecule has 1 aliphatic rings. The molecule has 7 nitrogen and oxygen atoms in total. The maximum atomic E-state index is 4.76. The number of benzene rings is 2. The first kappa shape index (κ1) is 21.4. The molecular weight excluding hydrogens is 410 g/mol. The minimum absolute atomic E-state index is 0.552. The average molecular weight is 442 g/mol. The van der Waals surface area contributed by atoms with Crippen LogP contribution in [0.2, 0.25) is 0 Å². The summed E-state index contributed by atoms with van der Waals surface area (Å²) in [6.07, 6.45) is 2.94. The summed E-state index contributed by atoms with van der Waals surface area (Å²) in [6, 6.07) is 13.4. The van der Waals surface area contributed by atoms with Crippen LogP contribution in [0.5, 0.6) is 0 Å². The van der Waals surface area contributed by atoms with Crippen molar-refractivity contribution in [2.75, 3.05) is 17.2 Å². The van der Waals surface area contributed by atoms with Crippen LogP contribution >= 0.6 is 0 Å². The zero-order valence-corrected chi connectivity index (χ0v) is 20.0. The van der Waals surface area contributed by atoms with Gasteiger partial charge in [0, 0.05) is 43.8 Å². The van der Waals surface area contributed by atoms with Gasteiger partial charge in [0.2, 0.25) is 5.95 Å².